The van der Waals surface area contributed by atoms with E-state index in [1.165, 1.54) is 0 Å². The molecule has 0 fully saturated rings. The van der Waals surface area contributed by atoms with Crippen LogP contribution >= 0.6 is 0 Å². The molecule has 0 radical (unpaired) electrons. The van der Waals surface area contributed by atoms with E-state index in [9.17, 15) is 0 Å². The molecular formula is C10H17NO2. The summed E-state index contributed by atoms with van der Waals surface area (Å²) in [4.78, 5) is 4.04. The van der Waals surface area contributed by atoms with Crippen molar-refractivity contribution >= 4 is 0 Å². The fourth-order valence-electron chi connectivity index (χ4n) is 0.738. The Labute approximate surface area is 79.7 Å². The summed E-state index contributed by atoms with van der Waals surface area (Å²) < 4.78 is 10.1. The quantitative estimate of drug-likeness (QED) is 0.721. The molecule has 0 bridgehead atoms. The van der Waals surface area contributed by atoms with Gasteiger partial charge in [0, 0.05) is 12.1 Å². The molecule has 0 spiro atoms. The lowest BCUT2D eigenvalue weighted by atomic mass is 10.5. The van der Waals surface area contributed by atoms with Crippen LogP contribution in [0.2, 0.25) is 0 Å². The van der Waals surface area contributed by atoms with Crippen molar-refractivity contribution in [3.8, 4) is 11.8 Å². The Morgan fingerprint density at radius 2 is 1.85 bits per heavy atom. The minimum atomic E-state index is 0.580. The normalized spacial score (nSPS) is 8.31. The molecule has 1 aromatic rings. The molecule has 0 saturated heterocycles. The maximum atomic E-state index is 5.16. The summed E-state index contributed by atoms with van der Waals surface area (Å²) >= 11 is 0. The first-order chi connectivity index (χ1) is 6.36. The van der Waals surface area contributed by atoms with Gasteiger partial charge in [0.2, 0.25) is 11.8 Å². The van der Waals surface area contributed by atoms with E-state index in [1.54, 1.807) is 19.2 Å². The van der Waals surface area contributed by atoms with Gasteiger partial charge in [0.25, 0.3) is 0 Å². The van der Waals surface area contributed by atoms with Crippen LogP contribution in [0.15, 0.2) is 18.2 Å². The molecule has 1 heterocycles. The average molecular weight is 183 g/mol. The summed E-state index contributed by atoms with van der Waals surface area (Å²) in [7, 11) is 1.58. The SMILES string of the molecule is CC.CCOc1cccc(OC)n1. The van der Waals surface area contributed by atoms with Crippen LogP contribution in [-0.4, -0.2) is 18.7 Å². The number of pyridine rings is 1. The first-order valence-electron chi connectivity index (χ1n) is 4.50. The van der Waals surface area contributed by atoms with Crippen molar-refractivity contribution in [3.05, 3.63) is 18.2 Å². The number of nitrogens with zero attached hydrogens (tertiary/aromatic N) is 1. The topological polar surface area (TPSA) is 31.4 Å². The van der Waals surface area contributed by atoms with Gasteiger partial charge in [-0.05, 0) is 6.92 Å². The van der Waals surface area contributed by atoms with Crippen LogP contribution in [0.3, 0.4) is 0 Å². The van der Waals surface area contributed by atoms with E-state index in [0.29, 0.717) is 18.4 Å². The maximum absolute atomic E-state index is 5.16. The van der Waals surface area contributed by atoms with Gasteiger partial charge in [-0.1, -0.05) is 19.9 Å². The number of methoxy groups -OCH3 is 1. The van der Waals surface area contributed by atoms with Gasteiger partial charge in [0.1, 0.15) is 0 Å². The van der Waals surface area contributed by atoms with Gasteiger partial charge in [-0.15, -0.1) is 0 Å². The van der Waals surface area contributed by atoms with E-state index >= 15 is 0 Å². The van der Waals surface area contributed by atoms with Crippen molar-refractivity contribution in [2.75, 3.05) is 13.7 Å². The molecule has 0 saturated carbocycles. The van der Waals surface area contributed by atoms with Crippen LogP contribution < -0.4 is 9.47 Å². The molecule has 0 amide bonds. The van der Waals surface area contributed by atoms with Crippen LogP contribution in [0.4, 0.5) is 0 Å². The standard InChI is InChI=1S/C8H11NO2.C2H6/c1-3-11-8-6-4-5-7(9-8)10-2;1-2/h4-6H,3H2,1-2H3;1-2H3. The predicted molar refractivity (Wildman–Crippen MR) is 53.3 cm³/mol. The number of hydrogen-bond acceptors (Lipinski definition) is 3. The number of rotatable bonds is 3. The van der Waals surface area contributed by atoms with Gasteiger partial charge >= 0.3 is 0 Å². The van der Waals surface area contributed by atoms with E-state index in [2.05, 4.69) is 4.98 Å². The monoisotopic (exact) mass is 183 g/mol. The molecule has 3 nitrogen and oxygen atoms in total. The van der Waals surface area contributed by atoms with E-state index in [1.807, 2.05) is 26.8 Å². The van der Waals surface area contributed by atoms with Gasteiger partial charge in [-0.3, -0.25) is 0 Å². The van der Waals surface area contributed by atoms with E-state index in [4.69, 9.17) is 9.47 Å². The molecule has 1 rings (SSSR count). The minimum absolute atomic E-state index is 0.580. The lowest BCUT2D eigenvalue weighted by Gasteiger charge is -2.02. The second kappa shape index (κ2) is 7.40. The Kier molecular flexibility index (Phi) is 6.69. The molecule has 0 aliphatic carbocycles. The third kappa shape index (κ3) is 4.35. The zero-order valence-corrected chi connectivity index (χ0v) is 8.70. The molecule has 0 aliphatic rings. The Hall–Kier alpha value is -1.25. The number of hydrogen-bond donors (Lipinski definition) is 0. The molecular weight excluding hydrogens is 166 g/mol. The molecule has 3 heteroatoms. The summed E-state index contributed by atoms with van der Waals surface area (Å²) in [6, 6.07) is 5.42. The Morgan fingerprint density at radius 1 is 1.23 bits per heavy atom. The zero-order chi connectivity index (χ0) is 10.1. The zero-order valence-electron chi connectivity index (χ0n) is 8.70. The van der Waals surface area contributed by atoms with Crippen LogP contribution in [0.25, 0.3) is 0 Å². The smallest absolute Gasteiger partial charge is 0.216 e. The van der Waals surface area contributed by atoms with Crippen LogP contribution in [0.5, 0.6) is 11.8 Å². The third-order valence-corrected chi connectivity index (χ3v) is 1.20. The van der Waals surface area contributed by atoms with Crippen molar-refractivity contribution < 1.29 is 9.47 Å². The Morgan fingerprint density at radius 3 is 2.38 bits per heavy atom. The number of aromatic nitrogens is 1. The van der Waals surface area contributed by atoms with E-state index in [-0.39, 0.29) is 0 Å². The van der Waals surface area contributed by atoms with Crippen molar-refractivity contribution in [2.24, 2.45) is 0 Å². The van der Waals surface area contributed by atoms with Crippen molar-refractivity contribution in [3.63, 3.8) is 0 Å². The van der Waals surface area contributed by atoms with Gasteiger partial charge < -0.3 is 9.47 Å². The fraction of sp³-hybridized carbons (Fsp3) is 0.500. The second-order valence-corrected chi connectivity index (χ2v) is 1.95. The molecule has 0 aliphatic heterocycles. The summed E-state index contributed by atoms with van der Waals surface area (Å²) in [6.45, 7) is 6.54. The molecule has 0 atom stereocenters. The van der Waals surface area contributed by atoms with Gasteiger partial charge in [0.05, 0.1) is 13.7 Å². The molecule has 13 heavy (non-hydrogen) atoms. The highest BCUT2D eigenvalue weighted by Crippen LogP contribution is 2.12. The summed E-state index contributed by atoms with van der Waals surface area (Å²) in [5, 5.41) is 0. The highest BCUT2D eigenvalue weighted by molar-refractivity contribution is 5.19. The molecule has 0 N–H and O–H groups in total. The molecule has 74 valence electrons. The van der Waals surface area contributed by atoms with Crippen LogP contribution in [-0.2, 0) is 0 Å². The largest absolute Gasteiger partial charge is 0.481 e. The maximum Gasteiger partial charge on any atom is 0.216 e. The van der Waals surface area contributed by atoms with Crippen molar-refractivity contribution in [1.82, 2.24) is 4.98 Å². The fourth-order valence-corrected chi connectivity index (χ4v) is 0.738. The molecule has 1 aromatic heterocycles. The van der Waals surface area contributed by atoms with Crippen molar-refractivity contribution in [2.45, 2.75) is 20.8 Å². The Bertz CT molecular complexity index is 226. The minimum Gasteiger partial charge on any atom is -0.481 e. The Balaban J connectivity index is 0.000000671. The van der Waals surface area contributed by atoms with Gasteiger partial charge in [-0.2, -0.15) is 4.98 Å². The van der Waals surface area contributed by atoms with E-state index < -0.39 is 0 Å². The van der Waals surface area contributed by atoms with Crippen LogP contribution in [0, 0.1) is 0 Å². The third-order valence-electron chi connectivity index (χ3n) is 1.20. The second-order valence-electron chi connectivity index (χ2n) is 1.95. The van der Waals surface area contributed by atoms with Crippen molar-refractivity contribution in [1.29, 1.82) is 0 Å². The van der Waals surface area contributed by atoms with Gasteiger partial charge in [-0.25, -0.2) is 0 Å². The predicted octanol–water partition coefficient (Wildman–Crippen LogP) is 2.52. The first-order valence-corrected chi connectivity index (χ1v) is 4.50. The lowest BCUT2D eigenvalue weighted by molar-refractivity contribution is 0.316. The van der Waals surface area contributed by atoms with Crippen LogP contribution in [0.1, 0.15) is 20.8 Å². The number of ether oxygens (including phenoxy) is 2. The molecule has 0 unspecified atom stereocenters. The average Bonchev–Trinajstić information content (AvgIpc) is 2.22. The van der Waals surface area contributed by atoms with E-state index in [0.717, 1.165) is 0 Å². The first kappa shape index (κ1) is 11.8. The summed E-state index contributed by atoms with van der Waals surface area (Å²) in [5.41, 5.74) is 0. The molecule has 0 aromatic carbocycles. The lowest BCUT2D eigenvalue weighted by Crippen LogP contribution is -1.95. The highest BCUT2D eigenvalue weighted by atomic mass is 16.5. The van der Waals surface area contributed by atoms with Gasteiger partial charge in [0.15, 0.2) is 0 Å². The highest BCUT2D eigenvalue weighted by Gasteiger charge is 1.94. The summed E-state index contributed by atoms with van der Waals surface area (Å²) in [5.74, 6) is 1.18. The summed E-state index contributed by atoms with van der Waals surface area (Å²) in [6.07, 6.45) is 0.